The molecule has 4 rings (SSSR count). The molecule has 0 aliphatic carbocycles. The van der Waals surface area contributed by atoms with Crippen molar-refractivity contribution in [2.75, 3.05) is 13.2 Å². The largest absolute Gasteiger partial charge is 0.435 e. The lowest BCUT2D eigenvalue weighted by atomic mass is 10.1. The predicted octanol–water partition coefficient (Wildman–Crippen LogP) is 4.02. The summed E-state index contributed by atoms with van der Waals surface area (Å²) in [7, 11) is 0. The van der Waals surface area contributed by atoms with Crippen LogP contribution in [0.5, 0.6) is 0 Å². The SMILES string of the molecule is Cc1onc(-c2ccccc2Cl)c1C(=O)NCCn1nc(C(F)(F)F)c2c1CCOC2. The predicted molar refractivity (Wildman–Crippen MR) is 105 cm³/mol. The van der Waals surface area contributed by atoms with Crippen LogP contribution in [0.1, 0.15) is 33.1 Å². The molecule has 0 saturated carbocycles. The molecule has 0 fully saturated rings. The molecular formula is C20H18ClF3N4O3. The summed E-state index contributed by atoms with van der Waals surface area (Å²) in [5.74, 6) is -0.158. The number of carbonyl (C=O) groups excluding carboxylic acids is 1. The Bertz CT molecular complexity index is 1120. The molecule has 1 aliphatic heterocycles. The van der Waals surface area contributed by atoms with E-state index in [4.69, 9.17) is 20.9 Å². The third-order valence-corrected chi connectivity index (χ3v) is 5.32. The maximum Gasteiger partial charge on any atom is 0.435 e. The third kappa shape index (κ3) is 4.17. The van der Waals surface area contributed by atoms with E-state index in [0.29, 0.717) is 40.8 Å². The average molecular weight is 455 g/mol. The second-order valence-corrected chi connectivity index (χ2v) is 7.40. The number of fused-ring (bicyclic) bond motifs is 1. The average Bonchev–Trinajstić information content (AvgIpc) is 3.29. The van der Waals surface area contributed by atoms with Crippen molar-refractivity contribution in [1.82, 2.24) is 20.3 Å². The minimum Gasteiger partial charge on any atom is -0.376 e. The summed E-state index contributed by atoms with van der Waals surface area (Å²) in [6.45, 7) is 1.94. The first-order chi connectivity index (χ1) is 14.8. The number of nitrogens with zero attached hydrogens (tertiary/aromatic N) is 3. The number of aryl methyl sites for hydroxylation is 1. The summed E-state index contributed by atoms with van der Waals surface area (Å²) in [5, 5.41) is 10.8. The zero-order valence-corrected chi connectivity index (χ0v) is 17.2. The summed E-state index contributed by atoms with van der Waals surface area (Å²) >= 11 is 6.21. The molecule has 164 valence electrons. The van der Waals surface area contributed by atoms with Gasteiger partial charge in [0.15, 0.2) is 5.69 Å². The lowest BCUT2D eigenvalue weighted by Gasteiger charge is -2.15. The third-order valence-electron chi connectivity index (χ3n) is 4.99. The molecule has 0 atom stereocenters. The molecule has 3 heterocycles. The molecule has 3 aromatic rings. The van der Waals surface area contributed by atoms with Gasteiger partial charge in [0, 0.05) is 29.8 Å². The van der Waals surface area contributed by atoms with Crippen molar-refractivity contribution in [1.29, 1.82) is 0 Å². The number of rotatable bonds is 5. The van der Waals surface area contributed by atoms with Gasteiger partial charge in [-0.1, -0.05) is 35.0 Å². The van der Waals surface area contributed by atoms with Crippen LogP contribution in [0.25, 0.3) is 11.3 Å². The summed E-state index contributed by atoms with van der Waals surface area (Å²) in [4.78, 5) is 12.8. The first kappa shape index (κ1) is 21.4. The molecule has 0 radical (unpaired) electrons. The number of alkyl halides is 3. The Balaban J connectivity index is 1.51. The van der Waals surface area contributed by atoms with Crippen LogP contribution in [0, 0.1) is 6.92 Å². The number of halogens is 4. The van der Waals surface area contributed by atoms with E-state index >= 15 is 0 Å². The second kappa shape index (κ2) is 8.35. The van der Waals surface area contributed by atoms with E-state index in [1.807, 2.05) is 0 Å². The summed E-state index contributed by atoms with van der Waals surface area (Å²) in [5.41, 5.74) is 0.659. The standard InChI is InChI=1S/C20H18ClF3N4O3/c1-11-16(17(27-31-11)12-4-2-3-5-14(12)21)19(29)25-7-8-28-15-6-9-30-10-13(15)18(26-28)20(22,23)24/h2-5H,6-10H2,1H3,(H,25,29). The number of aromatic nitrogens is 3. The van der Waals surface area contributed by atoms with Crippen LogP contribution in [0.15, 0.2) is 28.8 Å². The van der Waals surface area contributed by atoms with Gasteiger partial charge in [-0.3, -0.25) is 9.48 Å². The maximum atomic E-state index is 13.3. The van der Waals surface area contributed by atoms with Gasteiger partial charge in [-0.25, -0.2) is 0 Å². The Morgan fingerprint density at radius 2 is 2.10 bits per heavy atom. The zero-order valence-electron chi connectivity index (χ0n) is 16.4. The lowest BCUT2D eigenvalue weighted by Crippen LogP contribution is -2.29. The fraction of sp³-hybridized carbons (Fsp3) is 0.350. The monoisotopic (exact) mass is 454 g/mol. The van der Waals surface area contributed by atoms with Crippen LogP contribution in [0.2, 0.25) is 5.02 Å². The first-order valence-corrected chi connectivity index (χ1v) is 9.88. The van der Waals surface area contributed by atoms with E-state index in [2.05, 4.69) is 15.6 Å². The summed E-state index contributed by atoms with van der Waals surface area (Å²) in [6.07, 6.45) is -4.24. The fourth-order valence-corrected chi connectivity index (χ4v) is 3.79. The van der Waals surface area contributed by atoms with Gasteiger partial charge in [-0.05, 0) is 13.0 Å². The van der Waals surface area contributed by atoms with E-state index < -0.39 is 17.8 Å². The molecule has 0 bridgehead atoms. The van der Waals surface area contributed by atoms with Gasteiger partial charge in [0.1, 0.15) is 17.0 Å². The van der Waals surface area contributed by atoms with Gasteiger partial charge in [0.05, 0.1) is 24.8 Å². The van der Waals surface area contributed by atoms with Crippen LogP contribution in [-0.4, -0.2) is 34.0 Å². The second-order valence-electron chi connectivity index (χ2n) is 7.00. The van der Waals surface area contributed by atoms with Crippen LogP contribution < -0.4 is 5.32 Å². The molecule has 0 unspecified atom stereocenters. The highest BCUT2D eigenvalue weighted by Crippen LogP contribution is 2.34. The molecule has 0 saturated heterocycles. The normalized spacial score (nSPS) is 13.8. The molecule has 2 aromatic heterocycles. The number of carbonyl (C=O) groups is 1. The smallest absolute Gasteiger partial charge is 0.376 e. The number of benzene rings is 1. The zero-order chi connectivity index (χ0) is 22.2. The van der Waals surface area contributed by atoms with Crippen molar-refractivity contribution in [3.8, 4) is 11.3 Å². The van der Waals surface area contributed by atoms with Gasteiger partial charge in [-0.15, -0.1) is 0 Å². The van der Waals surface area contributed by atoms with E-state index in [0.717, 1.165) is 0 Å². The number of hydrogen-bond donors (Lipinski definition) is 1. The molecule has 0 spiro atoms. The summed E-state index contributed by atoms with van der Waals surface area (Å²) in [6, 6.07) is 6.90. The van der Waals surface area contributed by atoms with Crippen molar-refractivity contribution in [2.45, 2.75) is 32.7 Å². The highest BCUT2D eigenvalue weighted by molar-refractivity contribution is 6.33. The molecule has 1 aromatic carbocycles. The van der Waals surface area contributed by atoms with Crippen molar-refractivity contribution in [2.24, 2.45) is 0 Å². The van der Waals surface area contributed by atoms with Crippen molar-refractivity contribution >= 4 is 17.5 Å². The fourth-order valence-electron chi connectivity index (χ4n) is 3.56. The molecule has 1 aliphatic rings. The molecule has 11 heteroatoms. The highest BCUT2D eigenvalue weighted by atomic mass is 35.5. The molecule has 1 N–H and O–H groups in total. The summed E-state index contributed by atoms with van der Waals surface area (Å²) < 4.78 is 51.5. The van der Waals surface area contributed by atoms with Crippen molar-refractivity contribution in [3.63, 3.8) is 0 Å². The quantitative estimate of drug-likeness (QED) is 0.629. The van der Waals surface area contributed by atoms with Gasteiger partial charge in [0.25, 0.3) is 5.91 Å². The Hall–Kier alpha value is -2.85. The van der Waals surface area contributed by atoms with Gasteiger partial charge < -0.3 is 14.6 Å². The maximum absolute atomic E-state index is 13.3. The Kier molecular flexibility index (Phi) is 5.76. The van der Waals surface area contributed by atoms with Gasteiger partial charge >= 0.3 is 6.18 Å². The topological polar surface area (TPSA) is 82.2 Å². The Labute approximate surface area is 180 Å². The van der Waals surface area contributed by atoms with Crippen LogP contribution in [0.4, 0.5) is 13.2 Å². The van der Waals surface area contributed by atoms with Crippen LogP contribution in [0.3, 0.4) is 0 Å². The van der Waals surface area contributed by atoms with Crippen LogP contribution >= 0.6 is 11.6 Å². The van der Waals surface area contributed by atoms with Gasteiger partial charge in [-0.2, -0.15) is 18.3 Å². The van der Waals surface area contributed by atoms with Crippen molar-refractivity contribution < 1.29 is 27.2 Å². The number of nitrogens with one attached hydrogen (secondary N) is 1. The van der Waals surface area contributed by atoms with E-state index in [9.17, 15) is 18.0 Å². The Morgan fingerprint density at radius 3 is 2.84 bits per heavy atom. The minimum absolute atomic E-state index is 0.0564. The van der Waals surface area contributed by atoms with E-state index in [-0.39, 0.29) is 30.8 Å². The molecule has 31 heavy (non-hydrogen) atoms. The molecular weight excluding hydrogens is 437 g/mol. The number of amides is 1. The van der Waals surface area contributed by atoms with Gasteiger partial charge in [0.2, 0.25) is 0 Å². The van der Waals surface area contributed by atoms with Crippen molar-refractivity contribution in [3.05, 3.63) is 57.6 Å². The molecule has 1 amide bonds. The first-order valence-electron chi connectivity index (χ1n) is 9.50. The molecule has 7 nitrogen and oxygen atoms in total. The minimum atomic E-state index is -4.57. The lowest BCUT2D eigenvalue weighted by molar-refractivity contribution is -0.142. The number of hydrogen-bond acceptors (Lipinski definition) is 5. The highest BCUT2D eigenvalue weighted by Gasteiger charge is 2.39. The van der Waals surface area contributed by atoms with E-state index in [1.54, 1.807) is 31.2 Å². The van der Waals surface area contributed by atoms with E-state index in [1.165, 1.54) is 4.68 Å². The number of ether oxygens (including phenoxy) is 1. The Morgan fingerprint density at radius 1 is 1.32 bits per heavy atom. The van der Waals surface area contributed by atoms with Crippen LogP contribution in [-0.2, 0) is 30.5 Å².